The van der Waals surface area contributed by atoms with E-state index in [0.29, 0.717) is 10.6 Å². The fraction of sp³-hybridized carbons (Fsp3) is 0.655. The first kappa shape index (κ1) is 41.1. The molecule has 0 bridgehead atoms. The molecule has 4 atom stereocenters. The van der Waals surface area contributed by atoms with E-state index in [1.165, 1.54) is 14.2 Å². The molecular formula is C29H45F5N2O8. The number of rotatable bonds is 14. The van der Waals surface area contributed by atoms with Crippen molar-refractivity contribution in [2.75, 3.05) is 54.5 Å². The minimum absolute atomic E-state index is 0.0504. The summed E-state index contributed by atoms with van der Waals surface area (Å²) in [4.78, 5) is 10.6. The number of ether oxygens (including phenoxy) is 4. The molecular weight excluding hydrogens is 599 g/mol. The molecule has 44 heavy (non-hydrogen) atoms. The van der Waals surface area contributed by atoms with Crippen molar-refractivity contribution in [3.8, 4) is 0 Å². The highest BCUT2D eigenvalue weighted by Crippen LogP contribution is 2.32. The standard InChI is InChI=1S/C19H23F5N2O.C8H16O7.C2H6/c1-3-13-4-6-14(7-5-13)8-15-9-18(19(22,23)24)26(16(10-20)11-21)25-17(15)12-27-2;1-13-6(4-15-8(12)14-2)7(11)5(10)3-9;1-2/h4-7,9,16,18H,3,8,10-12H2,1-2H3;5-7,9-11H,3-4H2,1-2H3;1-2H3. The number of carbonyl (C=O) groups is 1. The van der Waals surface area contributed by atoms with Gasteiger partial charge in [0, 0.05) is 14.2 Å². The molecule has 0 aromatic heterocycles. The van der Waals surface area contributed by atoms with Gasteiger partial charge in [0.1, 0.15) is 44.3 Å². The maximum absolute atomic E-state index is 13.5. The Bertz CT molecular complexity index is 991. The van der Waals surface area contributed by atoms with Gasteiger partial charge in [-0.2, -0.15) is 18.3 Å². The second-order valence-corrected chi connectivity index (χ2v) is 9.13. The fourth-order valence-electron chi connectivity index (χ4n) is 3.77. The summed E-state index contributed by atoms with van der Waals surface area (Å²) in [6.07, 6.45) is -7.16. The predicted molar refractivity (Wildman–Crippen MR) is 154 cm³/mol. The van der Waals surface area contributed by atoms with Gasteiger partial charge in [0.25, 0.3) is 0 Å². The lowest BCUT2D eigenvalue weighted by atomic mass is 9.96. The van der Waals surface area contributed by atoms with E-state index in [2.05, 4.69) is 14.6 Å². The van der Waals surface area contributed by atoms with Gasteiger partial charge in [0.15, 0.2) is 6.04 Å². The zero-order valence-corrected chi connectivity index (χ0v) is 25.9. The Balaban J connectivity index is 0.000000926. The van der Waals surface area contributed by atoms with Gasteiger partial charge in [0.05, 0.1) is 26.0 Å². The summed E-state index contributed by atoms with van der Waals surface area (Å²) in [5.74, 6) is 0. The van der Waals surface area contributed by atoms with Crippen LogP contribution in [0.25, 0.3) is 0 Å². The van der Waals surface area contributed by atoms with E-state index in [4.69, 9.17) is 19.7 Å². The molecule has 0 spiro atoms. The first-order valence-electron chi connectivity index (χ1n) is 13.9. The molecule has 1 heterocycles. The number of aliphatic hydroxyl groups excluding tert-OH is 3. The highest BCUT2D eigenvalue weighted by atomic mass is 19.4. The first-order valence-corrected chi connectivity index (χ1v) is 13.9. The molecule has 0 amide bonds. The average Bonchev–Trinajstić information content (AvgIpc) is 3.03. The van der Waals surface area contributed by atoms with Crippen molar-refractivity contribution in [2.45, 2.75) is 70.2 Å². The van der Waals surface area contributed by atoms with Crippen LogP contribution in [0, 0.1) is 0 Å². The zero-order valence-electron chi connectivity index (χ0n) is 25.9. The first-order chi connectivity index (χ1) is 20.9. The molecule has 15 heteroatoms. The Morgan fingerprint density at radius 2 is 1.61 bits per heavy atom. The second-order valence-electron chi connectivity index (χ2n) is 9.13. The summed E-state index contributed by atoms with van der Waals surface area (Å²) >= 11 is 0. The molecule has 254 valence electrons. The minimum atomic E-state index is -4.71. The molecule has 0 fully saturated rings. The van der Waals surface area contributed by atoms with Crippen LogP contribution in [0.2, 0.25) is 0 Å². The maximum atomic E-state index is 13.5. The molecule has 0 radical (unpaired) electrons. The van der Waals surface area contributed by atoms with Crippen LogP contribution in [-0.4, -0.2) is 123 Å². The zero-order chi connectivity index (χ0) is 33.9. The van der Waals surface area contributed by atoms with Gasteiger partial charge < -0.3 is 34.3 Å². The number of halogens is 5. The Hall–Kier alpha value is -2.85. The van der Waals surface area contributed by atoms with Crippen molar-refractivity contribution < 1.29 is 61.0 Å². The van der Waals surface area contributed by atoms with Crippen LogP contribution < -0.4 is 0 Å². The molecule has 1 aliphatic rings. The van der Waals surface area contributed by atoms with Crippen LogP contribution in [0.15, 0.2) is 41.0 Å². The van der Waals surface area contributed by atoms with Gasteiger partial charge in [-0.15, -0.1) is 0 Å². The van der Waals surface area contributed by atoms with E-state index in [0.717, 1.165) is 30.7 Å². The van der Waals surface area contributed by atoms with Gasteiger partial charge in [-0.05, 0) is 35.6 Å². The summed E-state index contributed by atoms with van der Waals surface area (Å²) in [6.45, 7) is 2.53. The maximum Gasteiger partial charge on any atom is 0.508 e. The van der Waals surface area contributed by atoms with Crippen LogP contribution in [-0.2, 0) is 31.8 Å². The van der Waals surface area contributed by atoms with Crippen molar-refractivity contribution in [1.82, 2.24) is 5.01 Å². The summed E-state index contributed by atoms with van der Waals surface area (Å²) in [5.41, 5.74) is 2.53. The lowest BCUT2D eigenvalue weighted by molar-refractivity contribution is -0.178. The Kier molecular flexibility index (Phi) is 20.4. The number of carbonyl (C=O) groups excluding carboxylic acids is 1. The SMILES string of the molecule is CC.CCc1ccc(CC2=CC(C(F)(F)F)N(C(CF)CF)N=C2COC)cc1.COC(=O)OCC(OC)C(O)C(O)CO. The van der Waals surface area contributed by atoms with Crippen LogP contribution in [0.3, 0.4) is 0 Å². The molecule has 0 saturated heterocycles. The molecule has 0 aliphatic carbocycles. The largest absolute Gasteiger partial charge is 0.508 e. The van der Waals surface area contributed by atoms with Crippen LogP contribution in [0.5, 0.6) is 0 Å². The number of benzene rings is 1. The van der Waals surface area contributed by atoms with Crippen molar-refractivity contribution in [2.24, 2.45) is 5.10 Å². The third-order valence-electron chi connectivity index (χ3n) is 6.22. The Morgan fingerprint density at radius 1 is 1.05 bits per heavy atom. The number of hydrazone groups is 1. The normalized spacial score (nSPS) is 16.8. The number of nitrogens with zero attached hydrogens (tertiary/aromatic N) is 2. The summed E-state index contributed by atoms with van der Waals surface area (Å²) in [7, 11) is 3.81. The highest BCUT2D eigenvalue weighted by molar-refractivity contribution is 6.02. The lowest BCUT2D eigenvalue weighted by Crippen LogP contribution is -2.51. The lowest BCUT2D eigenvalue weighted by Gasteiger charge is -2.37. The molecule has 1 aromatic carbocycles. The summed E-state index contributed by atoms with van der Waals surface area (Å²) in [5, 5.41) is 31.5. The van der Waals surface area contributed by atoms with Gasteiger partial charge in [-0.25, -0.2) is 13.6 Å². The van der Waals surface area contributed by atoms with Crippen molar-refractivity contribution in [3.05, 3.63) is 47.0 Å². The monoisotopic (exact) mass is 644 g/mol. The Morgan fingerprint density at radius 3 is 2.05 bits per heavy atom. The molecule has 2 rings (SSSR count). The van der Waals surface area contributed by atoms with Crippen LogP contribution in [0.4, 0.5) is 26.7 Å². The molecule has 10 nitrogen and oxygen atoms in total. The molecule has 3 N–H and O–H groups in total. The molecule has 1 aliphatic heterocycles. The Labute approximate surface area is 255 Å². The van der Waals surface area contributed by atoms with Gasteiger partial charge >= 0.3 is 12.3 Å². The van der Waals surface area contributed by atoms with Gasteiger partial charge in [0.2, 0.25) is 0 Å². The highest BCUT2D eigenvalue weighted by Gasteiger charge is 2.46. The van der Waals surface area contributed by atoms with E-state index < -0.39 is 62.7 Å². The van der Waals surface area contributed by atoms with Gasteiger partial charge in [-0.3, -0.25) is 5.01 Å². The van der Waals surface area contributed by atoms with Gasteiger partial charge in [-0.1, -0.05) is 45.0 Å². The van der Waals surface area contributed by atoms with E-state index in [9.17, 15) is 31.9 Å². The minimum Gasteiger partial charge on any atom is -0.438 e. The average molecular weight is 645 g/mol. The molecule has 4 unspecified atom stereocenters. The number of aryl methyl sites for hydroxylation is 1. The topological polar surface area (TPSA) is 130 Å². The number of methoxy groups -OCH3 is 3. The number of hydrogen-bond donors (Lipinski definition) is 3. The number of hydrogen-bond acceptors (Lipinski definition) is 10. The third kappa shape index (κ3) is 13.4. The van der Waals surface area contributed by atoms with Crippen molar-refractivity contribution >= 4 is 11.9 Å². The van der Waals surface area contributed by atoms with Crippen LogP contribution >= 0.6 is 0 Å². The quantitative estimate of drug-likeness (QED) is 0.205. The molecule has 0 saturated carbocycles. The predicted octanol–water partition coefficient (Wildman–Crippen LogP) is 3.80. The van der Waals surface area contributed by atoms with Crippen LogP contribution in [0.1, 0.15) is 31.9 Å². The van der Waals surface area contributed by atoms with E-state index in [1.807, 2.05) is 45.0 Å². The summed E-state index contributed by atoms with van der Waals surface area (Å²) in [6, 6.07) is 3.77. The van der Waals surface area contributed by atoms with Crippen molar-refractivity contribution in [1.29, 1.82) is 0 Å². The van der Waals surface area contributed by atoms with Crippen molar-refractivity contribution in [3.63, 3.8) is 0 Å². The molecule has 1 aromatic rings. The third-order valence-corrected chi connectivity index (χ3v) is 6.22. The van der Waals surface area contributed by atoms with E-state index in [1.54, 1.807) is 0 Å². The van der Waals surface area contributed by atoms with E-state index >= 15 is 0 Å². The smallest absolute Gasteiger partial charge is 0.438 e. The number of aliphatic hydroxyl groups is 3. The van der Waals surface area contributed by atoms with E-state index in [-0.39, 0.29) is 25.3 Å². The fourth-order valence-corrected chi connectivity index (χ4v) is 3.77. The summed E-state index contributed by atoms with van der Waals surface area (Å²) < 4.78 is 85.2. The second kappa shape index (κ2) is 21.8. The number of alkyl halides is 5.